The summed E-state index contributed by atoms with van der Waals surface area (Å²) in [7, 11) is 2.15. The van der Waals surface area contributed by atoms with Gasteiger partial charge in [0.2, 0.25) is 0 Å². The van der Waals surface area contributed by atoms with Gasteiger partial charge in [0, 0.05) is 18.8 Å². The molecule has 5 heteroatoms. The van der Waals surface area contributed by atoms with Crippen LogP contribution < -0.4 is 4.90 Å². The summed E-state index contributed by atoms with van der Waals surface area (Å²) in [5.41, 5.74) is 0.700. The van der Waals surface area contributed by atoms with Gasteiger partial charge in [-0.2, -0.15) is 0 Å². The Morgan fingerprint density at radius 3 is 2.58 bits per heavy atom. The molecule has 1 aliphatic heterocycles. The zero-order valence-corrected chi connectivity index (χ0v) is 15.9. The second kappa shape index (κ2) is 7.51. The van der Waals surface area contributed by atoms with Crippen LogP contribution in [0.1, 0.15) is 59.1 Å². The Morgan fingerprint density at radius 2 is 2.12 bits per heavy atom. The molecular formula is C19H31N3O2. The van der Waals surface area contributed by atoms with Crippen LogP contribution >= 0.6 is 0 Å². The third kappa shape index (κ3) is 4.94. The van der Waals surface area contributed by atoms with E-state index in [1.54, 1.807) is 4.90 Å². The van der Waals surface area contributed by atoms with Gasteiger partial charge >= 0.3 is 6.09 Å². The summed E-state index contributed by atoms with van der Waals surface area (Å²) in [5.74, 6) is 0.988. The molecule has 0 saturated carbocycles. The number of rotatable bonds is 4. The Balaban J connectivity index is 2.18. The fourth-order valence-electron chi connectivity index (χ4n) is 3.03. The highest BCUT2D eigenvalue weighted by Crippen LogP contribution is 2.30. The number of ether oxygens (including phenoxy) is 1. The lowest BCUT2D eigenvalue weighted by atomic mass is 10.1. The molecule has 1 aromatic heterocycles. The number of carbonyl (C=O) groups is 1. The Labute approximate surface area is 146 Å². The molecule has 5 nitrogen and oxygen atoms in total. The number of amides is 1. The molecule has 2 rings (SSSR count). The molecule has 2 heterocycles. The lowest BCUT2D eigenvalue weighted by Gasteiger charge is -2.28. The fraction of sp³-hybridized carbons (Fsp3) is 0.684. The van der Waals surface area contributed by atoms with Gasteiger partial charge in [-0.25, -0.2) is 9.78 Å². The van der Waals surface area contributed by atoms with E-state index in [1.165, 1.54) is 18.4 Å². The van der Waals surface area contributed by atoms with Crippen molar-refractivity contribution in [2.75, 3.05) is 25.0 Å². The van der Waals surface area contributed by atoms with Gasteiger partial charge in [0.05, 0.1) is 0 Å². The predicted molar refractivity (Wildman–Crippen MR) is 97.3 cm³/mol. The van der Waals surface area contributed by atoms with Crippen molar-refractivity contribution < 1.29 is 9.53 Å². The molecule has 1 saturated heterocycles. The highest BCUT2D eigenvalue weighted by atomic mass is 16.6. The number of likely N-dealkylation sites (tertiary alicyclic amines) is 1. The van der Waals surface area contributed by atoms with Gasteiger partial charge in [-0.1, -0.05) is 19.9 Å². The van der Waals surface area contributed by atoms with E-state index in [9.17, 15) is 4.79 Å². The maximum atomic E-state index is 12.5. The normalized spacial score (nSPS) is 18.9. The van der Waals surface area contributed by atoms with E-state index in [-0.39, 0.29) is 6.09 Å². The number of anilines is 1. The maximum absolute atomic E-state index is 12.5. The summed E-state index contributed by atoms with van der Waals surface area (Å²) in [4.78, 5) is 21.1. The summed E-state index contributed by atoms with van der Waals surface area (Å²) in [6, 6.07) is 4.46. The monoisotopic (exact) mass is 333 g/mol. The number of aromatic nitrogens is 1. The first kappa shape index (κ1) is 18.7. The van der Waals surface area contributed by atoms with Gasteiger partial charge in [0.15, 0.2) is 0 Å². The first-order valence-electron chi connectivity index (χ1n) is 8.84. The second-order valence-corrected chi connectivity index (χ2v) is 8.07. The van der Waals surface area contributed by atoms with Crippen LogP contribution in [0.3, 0.4) is 0 Å². The first-order valence-corrected chi connectivity index (χ1v) is 8.84. The van der Waals surface area contributed by atoms with E-state index in [4.69, 9.17) is 4.74 Å². The highest BCUT2D eigenvalue weighted by Gasteiger charge is 2.26. The van der Waals surface area contributed by atoms with Crippen molar-refractivity contribution in [3.8, 4) is 0 Å². The number of hydrogen-bond acceptors (Lipinski definition) is 4. The van der Waals surface area contributed by atoms with Gasteiger partial charge < -0.3 is 4.74 Å². The molecule has 24 heavy (non-hydrogen) atoms. The van der Waals surface area contributed by atoms with Crippen LogP contribution in [0.2, 0.25) is 0 Å². The van der Waals surface area contributed by atoms with Crippen LogP contribution in [0, 0.1) is 5.92 Å². The smallest absolute Gasteiger partial charge is 0.416 e. The lowest BCUT2D eigenvalue weighted by Crippen LogP contribution is -2.39. The Kier molecular flexibility index (Phi) is 5.86. The summed E-state index contributed by atoms with van der Waals surface area (Å²) in [6.45, 7) is 11.5. The topological polar surface area (TPSA) is 45.7 Å². The zero-order chi connectivity index (χ0) is 17.9. The fourth-order valence-corrected chi connectivity index (χ4v) is 3.03. The van der Waals surface area contributed by atoms with Crippen LogP contribution in [0.4, 0.5) is 10.6 Å². The molecule has 1 fully saturated rings. The van der Waals surface area contributed by atoms with Gasteiger partial charge in [0.1, 0.15) is 11.4 Å². The molecular weight excluding hydrogens is 302 g/mol. The van der Waals surface area contributed by atoms with Gasteiger partial charge in [-0.15, -0.1) is 0 Å². The van der Waals surface area contributed by atoms with Gasteiger partial charge in [-0.3, -0.25) is 9.80 Å². The van der Waals surface area contributed by atoms with Crippen LogP contribution in [0.25, 0.3) is 0 Å². The minimum atomic E-state index is -0.515. The van der Waals surface area contributed by atoms with E-state index in [1.807, 2.05) is 33.0 Å². The molecule has 1 aromatic rings. The van der Waals surface area contributed by atoms with E-state index in [0.29, 0.717) is 24.3 Å². The van der Waals surface area contributed by atoms with Crippen molar-refractivity contribution in [1.82, 2.24) is 9.88 Å². The van der Waals surface area contributed by atoms with Gasteiger partial charge in [-0.05, 0) is 64.8 Å². The number of pyridine rings is 1. The largest absolute Gasteiger partial charge is 0.443 e. The molecule has 0 bridgehead atoms. The van der Waals surface area contributed by atoms with E-state index in [0.717, 1.165) is 6.54 Å². The Hall–Kier alpha value is -1.62. The summed E-state index contributed by atoms with van der Waals surface area (Å²) >= 11 is 0. The highest BCUT2D eigenvalue weighted by molar-refractivity contribution is 5.86. The molecule has 1 atom stereocenters. The summed E-state index contributed by atoms with van der Waals surface area (Å²) in [6.07, 6.45) is 3.95. The Morgan fingerprint density at radius 1 is 1.42 bits per heavy atom. The standard InChI is InChI=1S/C19H31N3O2/c1-14(2)13-22(18(23)24-19(3,4)5)17-10-9-15(12-20-17)16-8-7-11-21(16)6/h9-10,12,14,16H,7-8,11,13H2,1-6H3/t16-/m1/s1. The number of carbonyl (C=O) groups excluding carboxylic acids is 1. The molecule has 1 aliphatic rings. The first-order chi connectivity index (χ1) is 11.2. The van der Waals surface area contributed by atoms with E-state index >= 15 is 0 Å². The SMILES string of the molecule is CC(C)CN(C(=O)OC(C)(C)C)c1ccc([C@H]2CCCN2C)cn1. The number of hydrogen-bond donors (Lipinski definition) is 0. The summed E-state index contributed by atoms with van der Waals surface area (Å²) < 4.78 is 5.54. The Bertz CT molecular complexity index is 549. The summed E-state index contributed by atoms with van der Waals surface area (Å²) in [5, 5.41) is 0. The average molecular weight is 333 g/mol. The van der Waals surface area contributed by atoms with E-state index < -0.39 is 5.60 Å². The van der Waals surface area contributed by atoms with Crippen LogP contribution in [-0.2, 0) is 4.74 Å². The molecule has 0 unspecified atom stereocenters. The average Bonchev–Trinajstić information content (AvgIpc) is 2.89. The number of nitrogens with zero attached hydrogens (tertiary/aromatic N) is 3. The van der Waals surface area contributed by atoms with Crippen molar-refractivity contribution in [2.24, 2.45) is 5.92 Å². The molecule has 0 N–H and O–H groups in total. The minimum absolute atomic E-state index is 0.333. The molecule has 0 spiro atoms. The van der Waals surface area contributed by atoms with Gasteiger partial charge in [0.25, 0.3) is 0 Å². The molecule has 0 radical (unpaired) electrons. The van der Waals surface area contributed by atoms with Crippen LogP contribution in [-0.4, -0.2) is 41.7 Å². The van der Waals surface area contributed by atoms with Crippen molar-refractivity contribution in [3.63, 3.8) is 0 Å². The maximum Gasteiger partial charge on any atom is 0.416 e. The molecule has 1 amide bonds. The van der Waals surface area contributed by atoms with Crippen LogP contribution in [0.5, 0.6) is 0 Å². The van der Waals surface area contributed by atoms with Crippen molar-refractivity contribution in [2.45, 2.75) is 59.1 Å². The van der Waals surface area contributed by atoms with Crippen LogP contribution in [0.15, 0.2) is 18.3 Å². The van der Waals surface area contributed by atoms with Crippen molar-refractivity contribution in [3.05, 3.63) is 23.9 Å². The molecule has 0 aromatic carbocycles. The van der Waals surface area contributed by atoms with E-state index in [2.05, 4.69) is 36.8 Å². The predicted octanol–water partition coefficient (Wildman–Crippen LogP) is 4.25. The third-order valence-corrected chi connectivity index (χ3v) is 4.11. The van der Waals surface area contributed by atoms with Crippen molar-refractivity contribution in [1.29, 1.82) is 0 Å². The minimum Gasteiger partial charge on any atom is -0.443 e. The molecule has 0 aliphatic carbocycles. The zero-order valence-electron chi connectivity index (χ0n) is 15.9. The third-order valence-electron chi connectivity index (χ3n) is 4.11. The quantitative estimate of drug-likeness (QED) is 0.826. The second-order valence-electron chi connectivity index (χ2n) is 8.07. The van der Waals surface area contributed by atoms with Crippen molar-refractivity contribution >= 4 is 11.9 Å². The molecule has 134 valence electrons. The lowest BCUT2D eigenvalue weighted by molar-refractivity contribution is 0.0575.